The van der Waals surface area contributed by atoms with Gasteiger partial charge in [0.15, 0.2) is 0 Å². The Morgan fingerprint density at radius 1 is 1.57 bits per heavy atom. The molecular weight excluding hydrogens is 196 g/mol. The fourth-order valence-electron chi connectivity index (χ4n) is 1.32. The van der Waals surface area contributed by atoms with Gasteiger partial charge in [0.2, 0.25) is 0 Å². The van der Waals surface area contributed by atoms with Gasteiger partial charge >= 0.3 is 0 Å². The normalized spacial score (nSPS) is 26.9. The van der Waals surface area contributed by atoms with Crippen molar-refractivity contribution in [2.75, 3.05) is 0 Å². The lowest BCUT2D eigenvalue weighted by molar-refractivity contribution is 0.543. The van der Waals surface area contributed by atoms with Crippen LogP contribution in [0.3, 0.4) is 0 Å². The quantitative estimate of drug-likeness (QED) is 0.655. The average Bonchev–Trinajstić information content (AvgIpc) is 2.15. The summed E-state index contributed by atoms with van der Waals surface area (Å²) in [5, 5.41) is 0. The molecule has 3 heteroatoms. The second-order valence-electron chi connectivity index (χ2n) is 3.09. The minimum absolute atomic E-state index is 0.157. The second-order valence-corrected chi connectivity index (χ2v) is 4.00. The van der Waals surface area contributed by atoms with Crippen molar-refractivity contribution < 1.29 is 8.76 Å². The molecule has 0 N–H and O–H groups in total. The first kappa shape index (κ1) is 11.1. The van der Waals surface area contributed by atoms with Gasteiger partial charge in [0.1, 0.15) is 0 Å². The summed E-state index contributed by atoms with van der Waals surface area (Å²) in [6, 6.07) is 0. The summed E-state index contributed by atoms with van der Waals surface area (Å²) in [5.41, 5.74) is 0.846. The zero-order valence-electron chi connectivity index (χ0n) is 8.27. The van der Waals surface area contributed by atoms with Crippen LogP contribution in [-0.2, 0) is 11.1 Å². The second kappa shape index (κ2) is 5.08. The molecule has 0 aromatic carbocycles. The number of allylic oxidation sites excluding steroid dienone is 7. The van der Waals surface area contributed by atoms with Gasteiger partial charge < -0.3 is 4.55 Å². The maximum absolute atomic E-state index is 10.9. The van der Waals surface area contributed by atoms with Crippen molar-refractivity contribution >= 4 is 11.1 Å². The van der Waals surface area contributed by atoms with Gasteiger partial charge in [-0.3, -0.25) is 4.21 Å². The molecule has 0 fully saturated rings. The first-order chi connectivity index (χ1) is 6.66. The molecule has 0 radical (unpaired) electrons. The van der Waals surface area contributed by atoms with Crippen molar-refractivity contribution in [1.82, 2.24) is 0 Å². The van der Waals surface area contributed by atoms with E-state index < -0.39 is 11.1 Å². The monoisotopic (exact) mass is 209 g/mol. The van der Waals surface area contributed by atoms with Gasteiger partial charge in [0, 0.05) is 10.8 Å². The minimum atomic E-state index is -2.15. The first-order valence-electron chi connectivity index (χ1n) is 4.47. The fourth-order valence-corrected chi connectivity index (χ4v) is 1.96. The predicted octanol–water partition coefficient (Wildman–Crippen LogP) is 2.46. The van der Waals surface area contributed by atoms with E-state index in [-0.39, 0.29) is 5.92 Å². The third-order valence-electron chi connectivity index (χ3n) is 2.07. The third kappa shape index (κ3) is 2.53. The van der Waals surface area contributed by atoms with Gasteiger partial charge in [-0.2, -0.15) is 0 Å². The maximum atomic E-state index is 10.9. The van der Waals surface area contributed by atoms with Crippen LogP contribution in [-0.4, -0.2) is 8.76 Å². The molecule has 0 amide bonds. The van der Waals surface area contributed by atoms with Crippen molar-refractivity contribution in [3.63, 3.8) is 0 Å². The van der Waals surface area contributed by atoms with Crippen LogP contribution in [0.4, 0.5) is 0 Å². The lowest BCUT2D eigenvalue weighted by Gasteiger charge is -2.20. The van der Waals surface area contributed by atoms with Gasteiger partial charge in [-0.15, -0.1) is 0 Å². The molecule has 0 aromatic rings. The van der Waals surface area contributed by atoms with Crippen molar-refractivity contribution in [2.24, 2.45) is 5.92 Å². The molecule has 0 aliphatic heterocycles. The highest BCUT2D eigenvalue weighted by Gasteiger charge is 2.13. The zero-order valence-corrected chi connectivity index (χ0v) is 9.08. The van der Waals surface area contributed by atoms with Crippen molar-refractivity contribution in [3.05, 3.63) is 46.9 Å². The molecule has 0 aromatic heterocycles. The molecule has 0 heterocycles. The van der Waals surface area contributed by atoms with Crippen molar-refractivity contribution in [2.45, 2.75) is 13.8 Å². The Kier molecular flexibility index (Phi) is 4.04. The topological polar surface area (TPSA) is 40.1 Å². The molecule has 2 nitrogen and oxygen atoms in total. The molecule has 1 aliphatic carbocycles. The average molecular weight is 209 g/mol. The third-order valence-corrected chi connectivity index (χ3v) is 2.80. The summed E-state index contributed by atoms with van der Waals surface area (Å²) >= 11 is -2.15. The van der Waals surface area contributed by atoms with Crippen LogP contribution in [0.2, 0.25) is 0 Å². The Balaban J connectivity index is 3.06. The van der Waals surface area contributed by atoms with E-state index in [1.807, 2.05) is 38.2 Å². The first-order valence-corrected chi connectivity index (χ1v) is 5.55. The summed E-state index contributed by atoms with van der Waals surface area (Å²) < 4.78 is 21.8. The van der Waals surface area contributed by atoms with E-state index in [0.29, 0.717) is 4.91 Å². The highest BCUT2D eigenvalue weighted by atomic mass is 32.2. The van der Waals surface area contributed by atoms with Gasteiger partial charge in [0.05, 0.1) is 0 Å². The van der Waals surface area contributed by atoms with Gasteiger partial charge in [-0.1, -0.05) is 37.3 Å². The van der Waals surface area contributed by atoms with Gasteiger partial charge in [-0.25, -0.2) is 0 Å². The standard InChI is InChI=1S/C11H14O2S/c1-3-4-7-10-9(2)6-5-8-11(10)14(12)13/h3-9H,1-2H3,(H,12,13)/p-1. The Morgan fingerprint density at radius 3 is 2.86 bits per heavy atom. The Bertz CT molecular complexity index is 348. The molecule has 1 rings (SSSR count). The van der Waals surface area contributed by atoms with Crippen LogP contribution >= 0.6 is 0 Å². The molecule has 0 saturated heterocycles. The summed E-state index contributed by atoms with van der Waals surface area (Å²) in [4.78, 5) is 0.387. The SMILES string of the molecule is CC=CC=C1C(S(=O)[O-])=CC=CC1C. The van der Waals surface area contributed by atoms with E-state index in [1.54, 1.807) is 12.2 Å². The molecule has 14 heavy (non-hydrogen) atoms. The Labute approximate surface area is 87.0 Å². The van der Waals surface area contributed by atoms with Crippen LogP contribution in [0, 0.1) is 5.92 Å². The molecular formula is C11H13O2S-. The molecule has 1 aliphatic rings. The van der Waals surface area contributed by atoms with E-state index in [1.165, 1.54) is 0 Å². The van der Waals surface area contributed by atoms with E-state index in [0.717, 1.165) is 5.57 Å². The molecule has 0 saturated carbocycles. The van der Waals surface area contributed by atoms with E-state index in [4.69, 9.17) is 0 Å². The fraction of sp³-hybridized carbons (Fsp3) is 0.273. The van der Waals surface area contributed by atoms with Crippen molar-refractivity contribution in [1.29, 1.82) is 0 Å². The van der Waals surface area contributed by atoms with Crippen LogP contribution in [0.1, 0.15) is 13.8 Å². The molecule has 76 valence electrons. The lowest BCUT2D eigenvalue weighted by atomic mass is 9.96. The molecule has 0 bridgehead atoms. The van der Waals surface area contributed by atoms with Gasteiger partial charge in [0.25, 0.3) is 0 Å². The zero-order chi connectivity index (χ0) is 10.6. The van der Waals surface area contributed by atoms with Gasteiger partial charge in [-0.05, 0) is 29.7 Å². The molecule has 0 spiro atoms. The van der Waals surface area contributed by atoms with Crippen molar-refractivity contribution in [3.8, 4) is 0 Å². The Hall–Kier alpha value is -0.930. The smallest absolute Gasteiger partial charge is 0.0286 e. The van der Waals surface area contributed by atoms with Crippen LogP contribution < -0.4 is 0 Å². The highest BCUT2D eigenvalue weighted by Crippen LogP contribution is 2.26. The van der Waals surface area contributed by atoms with E-state index in [9.17, 15) is 8.76 Å². The molecule has 2 atom stereocenters. The molecule has 2 unspecified atom stereocenters. The van der Waals surface area contributed by atoms with E-state index in [2.05, 4.69) is 0 Å². The van der Waals surface area contributed by atoms with E-state index >= 15 is 0 Å². The van der Waals surface area contributed by atoms with Crippen LogP contribution in [0.15, 0.2) is 46.9 Å². The lowest BCUT2D eigenvalue weighted by Crippen LogP contribution is -2.07. The number of hydrogen-bond acceptors (Lipinski definition) is 2. The Morgan fingerprint density at radius 2 is 2.29 bits per heavy atom. The van der Waals surface area contributed by atoms with Crippen LogP contribution in [0.5, 0.6) is 0 Å². The largest absolute Gasteiger partial charge is 0.768 e. The summed E-state index contributed by atoms with van der Waals surface area (Å²) in [6.07, 6.45) is 11.0. The summed E-state index contributed by atoms with van der Waals surface area (Å²) in [7, 11) is 0. The predicted molar refractivity (Wildman–Crippen MR) is 58.2 cm³/mol. The summed E-state index contributed by atoms with van der Waals surface area (Å²) in [5.74, 6) is 0.157. The minimum Gasteiger partial charge on any atom is -0.768 e. The number of rotatable bonds is 2. The number of hydrogen-bond donors (Lipinski definition) is 0. The summed E-state index contributed by atoms with van der Waals surface area (Å²) in [6.45, 7) is 3.88. The van der Waals surface area contributed by atoms with Crippen LogP contribution in [0.25, 0.3) is 0 Å². The maximum Gasteiger partial charge on any atom is 0.0286 e. The highest BCUT2D eigenvalue weighted by molar-refractivity contribution is 7.83.